The van der Waals surface area contributed by atoms with Gasteiger partial charge < -0.3 is 10.1 Å². The molecular formula is C19H18N2O2S. The predicted octanol–water partition coefficient (Wildman–Crippen LogP) is 4.31. The smallest absolute Gasteiger partial charge is 0.230 e. The summed E-state index contributed by atoms with van der Waals surface area (Å²) in [5, 5.41) is 3.51. The van der Waals surface area contributed by atoms with Gasteiger partial charge in [0.05, 0.1) is 19.2 Å². The maximum atomic E-state index is 12.2. The summed E-state index contributed by atoms with van der Waals surface area (Å²) in [6, 6.07) is 17.4. The van der Waals surface area contributed by atoms with E-state index in [-0.39, 0.29) is 5.91 Å². The van der Waals surface area contributed by atoms with Crippen molar-refractivity contribution < 1.29 is 9.53 Å². The van der Waals surface area contributed by atoms with Crippen LogP contribution in [0.5, 0.6) is 5.75 Å². The molecule has 3 aromatic rings. The molecule has 0 bridgehead atoms. The van der Waals surface area contributed by atoms with E-state index in [1.807, 2.05) is 61.5 Å². The number of benzene rings is 2. The van der Waals surface area contributed by atoms with Crippen molar-refractivity contribution in [3.63, 3.8) is 0 Å². The van der Waals surface area contributed by atoms with Crippen molar-refractivity contribution in [2.24, 2.45) is 0 Å². The SMILES string of the molecule is COc1ccc(-c2nc(NC(=O)Cc3ccccc3)sc2C)cc1. The van der Waals surface area contributed by atoms with E-state index < -0.39 is 0 Å². The van der Waals surface area contributed by atoms with E-state index in [4.69, 9.17) is 4.74 Å². The third-order valence-electron chi connectivity index (χ3n) is 3.61. The van der Waals surface area contributed by atoms with E-state index in [2.05, 4.69) is 10.3 Å². The number of hydrogen-bond acceptors (Lipinski definition) is 4. The number of methoxy groups -OCH3 is 1. The second-order valence-electron chi connectivity index (χ2n) is 5.36. The standard InChI is InChI=1S/C19H18N2O2S/c1-13-18(15-8-10-16(23-2)11-9-15)21-19(24-13)20-17(22)12-14-6-4-3-5-7-14/h3-11H,12H2,1-2H3,(H,20,21,22). The van der Waals surface area contributed by atoms with Gasteiger partial charge in [-0.2, -0.15) is 0 Å². The van der Waals surface area contributed by atoms with Gasteiger partial charge in [0, 0.05) is 10.4 Å². The minimum atomic E-state index is -0.0590. The van der Waals surface area contributed by atoms with Gasteiger partial charge in [0.15, 0.2) is 5.13 Å². The zero-order valence-corrected chi connectivity index (χ0v) is 14.4. The zero-order valence-electron chi connectivity index (χ0n) is 13.6. The van der Waals surface area contributed by atoms with Gasteiger partial charge in [0.25, 0.3) is 0 Å². The lowest BCUT2D eigenvalue weighted by Gasteiger charge is -2.02. The highest BCUT2D eigenvalue weighted by Gasteiger charge is 2.12. The molecule has 1 heterocycles. The number of nitrogens with one attached hydrogen (secondary N) is 1. The fourth-order valence-corrected chi connectivity index (χ4v) is 3.26. The minimum Gasteiger partial charge on any atom is -0.497 e. The minimum absolute atomic E-state index is 0.0590. The molecule has 0 spiro atoms. The molecule has 3 rings (SSSR count). The Morgan fingerprint density at radius 1 is 1.12 bits per heavy atom. The Labute approximate surface area is 145 Å². The summed E-state index contributed by atoms with van der Waals surface area (Å²) in [5.74, 6) is 0.749. The average Bonchev–Trinajstić information content (AvgIpc) is 2.96. The summed E-state index contributed by atoms with van der Waals surface area (Å²) in [5.41, 5.74) is 2.88. The number of amides is 1. The van der Waals surface area contributed by atoms with Crippen LogP contribution < -0.4 is 10.1 Å². The first-order valence-electron chi connectivity index (χ1n) is 7.61. The largest absolute Gasteiger partial charge is 0.497 e. The molecule has 0 aliphatic heterocycles. The molecule has 0 aliphatic rings. The van der Waals surface area contributed by atoms with Gasteiger partial charge >= 0.3 is 0 Å². The van der Waals surface area contributed by atoms with E-state index in [9.17, 15) is 4.79 Å². The van der Waals surface area contributed by atoms with Gasteiger partial charge in [0.2, 0.25) is 5.91 Å². The Bertz CT molecular complexity index is 826. The van der Waals surface area contributed by atoms with Crippen LogP contribution in [0.15, 0.2) is 54.6 Å². The summed E-state index contributed by atoms with van der Waals surface area (Å²) < 4.78 is 5.17. The summed E-state index contributed by atoms with van der Waals surface area (Å²) in [4.78, 5) is 17.8. The number of hydrogen-bond donors (Lipinski definition) is 1. The third-order valence-corrected chi connectivity index (χ3v) is 4.50. The van der Waals surface area contributed by atoms with Crippen LogP contribution >= 0.6 is 11.3 Å². The van der Waals surface area contributed by atoms with Crippen LogP contribution in [0.1, 0.15) is 10.4 Å². The number of anilines is 1. The molecule has 0 radical (unpaired) electrons. The number of ether oxygens (including phenoxy) is 1. The first-order valence-corrected chi connectivity index (χ1v) is 8.43. The van der Waals surface area contributed by atoms with Crippen molar-refractivity contribution in [3.05, 3.63) is 65.0 Å². The molecule has 24 heavy (non-hydrogen) atoms. The highest BCUT2D eigenvalue weighted by atomic mass is 32.1. The quantitative estimate of drug-likeness (QED) is 0.754. The van der Waals surface area contributed by atoms with Gasteiger partial charge in [-0.3, -0.25) is 4.79 Å². The van der Waals surface area contributed by atoms with Crippen molar-refractivity contribution in [2.45, 2.75) is 13.3 Å². The van der Waals surface area contributed by atoms with Crippen molar-refractivity contribution in [1.29, 1.82) is 0 Å². The van der Waals surface area contributed by atoms with Crippen LogP contribution in [0.2, 0.25) is 0 Å². The number of aromatic nitrogens is 1. The predicted molar refractivity (Wildman–Crippen MR) is 97.6 cm³/mol. The molecular weight excluding hydrogens is 320 g/mol. The van der Waals surface area contributed by atoms with Crippen molar-refractivity contribution in [2.75, 3.05) is 12.4 Å². The number of thiazole rings is 1. The monoisotopic (exact) mass is 338 g/mol. The third kappa shape index (κ3) is 3.81. The topological polar surface area (TPSA) is 51.2 Å². The second kappa shape index (κ2) is 7.27. The van der Waals surface area contributed by atoms with Gasteiger partial charge in [0.1, 0.15) is 5.75 Å². The Morgan fingerprint density at radius 2 is 1.83 bits per heavy atom. The molecule has 122 valence electrons. The van der Waals surface area contributed by atoms with Gasteiger partial charge in [-0.1, -0.05) is 30.3 Å². The Balaban J connectivity index is 1.72. The molecule has 0 unspecified atom stereocenters. The number of carbonyl (C=O) groups is 1. The number of aryl methyl sites for hydroxylation is 1. The number of nitrogens with zero attached hydrogens (tertiary/aromatic N) is 1. The molecule has 0 saturated heterocycles. The highest BCUT2D eigenvalue weighted by molar-refractivity contribution is 7.16. The number of carbonyl (C=O) groups excluding carboxylic acids is 1. The first kappa shape index (κ1) is 16.2. The summed E-state index contributed by atoms with van der Waals surface area (Å²) >= 11 is 1.48. The summed E-state index contributed by atoms with van der Waals surface area (Å²) in [7, 11) is 1.64. The van der Waals surface area contributed by atoms with E-state index in [1.165, 1.54) is 11.3 Å². The van der Waals surface area contributed by atoms with Gasteiger partial charge in [-0.25, -0.2) is 4.98 Å². The lowest BCUT2D eigenvalue weighted by atomic mass is 10.1. The summed E-state index contributed by atoms with van der Waals surface area (Å²) in [6.07, 6.45) is 0.345. The van der Waals surface area contributed by atoms with Crippen LogP contribution in [0.3, 0.4) is 0 Å². The molecule has 0 fully saturated rings. The maximum absolute atomic E-state index is 12.2. The van der Waals surface area contributed by atoms with Crippen molar-refractivity contribution in [3.8, 4) is 17.0 Å². The van der Waals surface area contributed by atoms with Gasteiger partial charge in [-0.05, 0) is 36.8 Å². The average molecular weight is 338 g/mol. The molecule has 1 amide bonds. The fourth-order valence-electron chi connectivity index (χ4n) is 2.41. The molecule has 0 aliphatic carbocycles. The van der Waals surface area contributed by atoms with E-state index in [1.54, 1.807) is 7.11 Å². The van der Waals surface area contributed by atoms with Crippen LogP contribution in [0, 0.1) is 6.92 Å². The van der Waals surface area contributed by atoms with Crippen LogP contribution in [0.4, 0.5) is 5.13 Å². The highest BCUT2D eigenvalue weighted by Crippen LogP contribution is 2.31. The van der Waals surface area contributed by atoms with Gasteiger partial charge in [-0.15, -0.1) is 11.3 Å². The molecule has 5 heteroatoms. The zero-order chi connectivity index (χ0) is 16.9. The lowest BCUT2D eigenvalue weighted by molar-refractivity contribution is -0.115. The molecule has 1 aromatic heterocycles. The first-order chi connectivity index (χ1) is 11.7. The van der Waals surface area contributed by atoms with Crippen LogP contribution in [-0.2, 0) is 11.2 Å². The normalized spacial score (nSPS) is 10.4. The van der Waals surface area contributed by atoms with E-state index >= 15 is 0 Å². The Kier molecular flexibility index (Phi) is 4.91. The molecule has 4 nitrogen and oxygen atoms in total. The lowest BCUT2D eigenvalue weighted by Crippen LogP contribution is -2.14. The van der Waals surface area contributed by atoms with E-state index in [0.29, 0.717) is 11.6 Å². The van der Waals surface area contributed by atoms with Crippen molar-refractivity contribution in [1.82, 2.24) is 4.98 Å². The molecule has 0 atom stereocenters. The summed E-state index contributed by atoms with van der Waals surface area (Å²) in [6.45, 7) is 2.00. The second-order valence-corrected chi connectivity index (χ2v) is 6.57. The molecule has 2 aromatic carbocycles. The van der Waals surface area contributed by atoms with Crippen molar-refractivity contribution >= 4 is 22.4 Å². The van der Waals surface area contributed by atoms with E-state index in [0.717, 1.165) is 27.4 Å². The molecule has 1 N–H and O–H groups in total. The van der Waals surface area contributed by atoms with Crippen LogP contribution in [-0.4, -0.2) is 18.0 Å². The maximum Gasteiger partial charge on any atom is 0.230 e. The molecule has 0 saturated carbocycles. The Hall–Kier alpha value is -2.66. The Morgan fingerprint density at radius 3 is 2.50 bits per heavy atom. The fraction of sp³-hybridized carbons (Fsp3) is 0.158. The van der Waals surface area contributed by atoms with Crippen LogP contribution in [0.25, 0.3) is 11.3 Å². The number of rotatable bonds is 5.